The maximum atomic E-state index is 9.68. The highest BCUT2D eigenvalue weighted by molar-refractivity contribution is 5.84. The first kappa shape index (κ1) is 18.4. The van der Waals surface area contributed by atoms with E-state index < -0.39 is 0 Å². The average molecular weight is 370 g/mol. The number of nitrogens with one attached hydrogen (secondary N) is 1. The molecular formula is C21H30N4O2. The van der Waals surface area contributed by atoms with Gasteiger partial charge in [0.05, 0.1) is 6.10 Å². The molecule has 2 aliphatic rings. The molecule has 1 aliphatic carbocycles. The van der Waals surface area contributed by atoms with Crippen molar-refractivity contribution < 1.29 is 9.84 Å². The predicted octanol–water partition coefficient (Wildman–Crippen LogP) is 3.21. The zero-order valence-electron chi connectivity index (χ0n) is 16.1. The Hall–Kier alpha value is -1.92. The van der Waals surface area contributed by atoms with E-state index in [1.807, 2.05) is 24.4 Å². The van der Waals surface area contributed by atoms with Gasteiger partial charge in [-0.15, -0.1) is 0 Å². The molecule has 0 radical (unpaired) electrons. The summed E-state index contributed by atoms with van der Waals surface area (Å²) in [6.07, 6.45) is 9.05. The Morgan fingerprint density at radius 3 is 2.85 bits per heavy atom. The molecule has 1 unspecified atom stereocenters. The molecular weight excluding hydrogens is 340 g/mol. The minimum absolute atomic E-state index is 0.154. The van der Waals surface area contributed by atoms with Crippen molar-refractivity contribution in [2.45, 2.75) is 63.1 Å². The largest absolute Gasteiger partial charge is 0.490 e. The number of benzene rings is 1. The molecule has 2 heterocycles. The molecule has 0 amide bonds. The van der Waals surface area contributed by atoms with Crippen molar-refractivity contribution in [1.82, 2.24) is 14.9 Å². The molecule has 0 spiro atoms. The van der Waals surface area contributed by atoms with Crippen molar-refractivity contribution in [3.63, 3.8) is 0 Å². The Morgan fingerprint density at radius 2 is 2.04 bits per heavy atom. The van der Waals surface area contributed by atoms with Crippen molar-refractivity contribution in [3.8, 4) is 5.75 Å². The van der Waals surface area contributed by atoms with E-state index in [1.54, 1.807) is 0 Å². The lowest BCUT2D eigenvalue weighted by Gasteiger charge is -2.32. The molecule has 2 fully saturated rings. The fourth-order valence-corrected chi connectivity index (χ4v) is 4.16. The van der Waals surface area contributed by atoms with E-state index >= 15 is 0 Å². The second kappa shape index (κ2) is 8.40. The lowest BCUT2D eigenvalue weighted by molar-refractivity contribution is 0.125. The highest BCUT2D eigenvalue weighted by Crippen LogP contribution is 2.27. The normalized spacial score (nSPS) is 26.8. The number of para-hydroxylation sites is 1. The van der Waals surface area contributed by atoms with Crippen molar-refractivity contribution in [1.29, 1.82) is 0 Å². The molecule has 4 rings (SSSR count). The Bertz CT molecular complexity index is 761. The standard InChI is InChI=1S/C21H30N4O2/c1-25-12-3-2-6-17(25)14-27-19-7-4-5-15-13-22-21(24-20(15)19)23-16-8-10-18(26)11-9-16/h4-5,7,13,16-18,26H,2-3,6,8-12,14H2,1H3,(H,22,23,24). The van der Waals surface area contributed by atoms with Gasteiger partial charge in [-0.05, 0) is 58.2 Å². The first-order valence-corrected chi connectivity index (χ1v) is 10.2. The highest BCUT2D eigenvalue weighted by atomic mass is 16.5. The summed E-state index contributed by atoms with van der Waals surface area (Å²) < 4.78 is 6.20. The molecule has 1 saturated heterocycles. The van der Waals surface area contributed by atoms with Gasteiger partial charge in [0.1, 0.15) is 17.9 Å². The Labute approximate surface area is 161 Å². The van der Waals surface area contributed by atoms with E-state index in [-0.39, 0.29) is 6.10 Å². The zero-order chi connectivity index (χ0) is 18.6. The van der Waals surface area contributed by atoms with Crippen molar-refractivity contribution >= 4 is 16.9 Å². The third-order valence-corrected chi connectivity index (χ3v) is 5.96. The van der Waals surface area contributed by atoms with Crippen LogP contribution in [0, 0.1) is 0 Å². The van der Waals surface area contributed by atoms with Crippen LogP contribution < -0.4 is 10.1 Å². The summed E-state index contributed by atoms with van der Waals surface area (Å²) >= 11 is 0. The summed E-state index contributed by atoms with van der Waals surface area (Å²) in [4.78, 5) is 11.6. The molecule has 6 heteroatoms. The summed E-state index contributed by atoms with van der Waals surface area (Å²) in [5, 5.41) is 14.1. The third-order valence-electron chi connectivity index (χ3n) is 5.96. The highest BCUT2D eigenvalue weighted by Gasteiger charge is 2.21. The molecule has 2 aromatic rings. The van der Waals surface area contributed by atoms with Crippen LogP contribution in [-0.2, 0) is 0 Å². The number of nitrogens with zero attached hydrogens (tertiary/aromatic N) is 3. The molecule has 1 aromatic heterocycles. The smallest absolute Gasteiger partial charge is 0.223 e. The number of anilines is 1. The number of aromatic nitrogens is 2. The van der Waals surface area contributed by atoms with Crippen LogP contribution in [0.2, 0.25) is 0 Å². The molecule has 1 aromatic carbocycles. The first-order valence-electron chi connectivity index (χ1n) is 10.2. The maximum Gasteiger partial charge on any atom is 0.223 e. The van der Waals surface area contributed by atoms with Crippen LogP contribution in [0.3, 0.4) is 0 Å². The van der Waals surface area contributed by atoms with Crippen LogP contribution in [0.4, 0.5) is 5.95 Å². The van der Waals surface area contributed by atoms with Crippen LogP contribution in [0.15, 0.2) is 24.4 Å². The topological polar surface area (TPSA) is 70.5 Å². The number of ether oxygens (including phenoxy) is 1. The lowest BCUT2D eigenvalue weighted by Crippen LogP contribution is -2.40. The maximum absolute atomic E-state index is 9.68. The quantitative estimate of drug-likeness (QED) is 0.842. The summed E-state index contributed by atoms with van der Waals surface area (Å²) in [6, 6.07) is 6.83. The number of piperidine rings is 1. The number of aliphatic hydroxyl groups is 1. The fourth-order valence-electron chi connectivity index (χ4n) is 4.16. The lowest BCUT2D eigenvalue weighted by atomic mass is 9.93. The second-order valence-corrected chi connectivity index (χ2v) is 7.98. The van der Waals surface area contributed by atoms with Crippen molar-refractivity contribution in [2.75, 3.05) is 25.5 Å². The first-order chi connectivity index (χ1) is 13.2. The minimum atomic E-state index is -0.154. The zero-order valence-corrected chi connectivity index (χ0v) is 16.1. The summed E-state index contributed by atoms with van der Waals surface area (Å²) in [7, 11) is 2.18. The van der Waals surface area contributed by atoms with Crippen molar-refractivity contribution in [2.24, 2.45) is 0 Å². The van der Waals surface area contributed by atoms with E-state index in [0.717, 1.165) is 48.9 Å². The van der Waals surface area contributed by atoms with Gasteiger partial charge in [-0.1, -0.05) is 18.6 Å². The van der Waals surface area contributed by atoms with Gasteiger partial charge in [0.15, 0.2) is 0 Å². The van der Waals surface area contributed by atoms with Crippen molar-refractivity contribution in [3.05, 3.63) is 24.4 Å². The van der Waals surface area contributed by atoms with E-state index in [0.29, 0.717) is 24.6 Å². The number of likely N-dealkylation sites (N-methyl/N-ethyl adjacent to an activating group) is 1. The van der Waals surface area contributed by atoms with Gasteiger partial charge in [0.25, 0.3) is 0 Å². The SMILES string of the molecule is CN1CCCCC1COc1cccc2cnc(NC3CCC(O)CC3)nc12. The number of rotatable bonds is 5. The molecule has 1 atom stereocenters. The van der Waals surface area contributed by atoms with E-state index in [9.17, 15) is 5.11 Å². The molecule has 0 bridgehead atoms. The second-order valence-electron chi connectivity index (χ2n) is 7.98. The Kier molecular flexibility index (Phi) is 5.74. The third kappa shape index (κ3) is 4.50. The Morgan fingerprint density at radius 1 is 1.19 bits per heavy atom. The number of hydrogen-bond acceptors (Lipinski definition) is 6. The average Bonchev–Trinajstić information content (AvgIpc) is 2.69. The van der Waals surface area contributed by atoms with Gasteiger partial charge >= 0.3 is 0 Å². The summed E-state index contributed by atoms with van der Waals surface area (Å²) in [6.45, 7) is 1.85. The minimum Gasteiger partial charge on any atom is -0.490 e. The van der Waals surface area contributed by atoms with Gasteiger partial charge in [-0.3, -0.25) is 0 Å². The van der Waals surface area contributed by atoms with E-state index in [2.05, 4.69) is 22.2 Å². The molecule has 2 N–H and O–H groups in total. The summed E-state index contributed by atoms with van der Waals surface area (Å²) in [5.41, 5.74) is 0.865. The molecule has 6 nitrogen and oxygen atoms in total. The van der Waals surface area contributed by atoms with Gasteiger partial charge in [-0.25, -0.2) is 9.97 Å². The number of aliphatic hydroxyl groups excluding tert-OH is 1. The predicted molar refractivity (Wildman–Crippen MR) is 107 cm³/mol. The van der Waals surface area contributed by atoms with Crippen LogP contribution in [0.25, 0.3) is 10.9 Å². The van der Waals surface area contributed by atoms with Gasteiger partial charge in [-0.2, -0.15) is 0 Å². The molecule has 146 valence electrons. The number of likely N-dealkylation sites (tertiary alicyclic amines) is 1. The monoisotopic (exact) mass is 370 g/mol. The van der Waals surface area contributed by atoms with E-state index in [1.165, 1.54) is 19.3 Å². The van der Waals surface area contributed by atoms with Gasteiger partial charge in [0, 0.05) is 23.7 Å². The number of hydrogen-bond donors (Lipinski definition) is 2. The fraction of sp³-hybridized carbons (Fsp3) is 0.619. The molecule has 1 saturated carbocycles. The van der Waals surface area contributed by atoms with Crippen LogP contribution in [-0.4, -0.2) is 58.4 Å². The van der Waals surface area contributed by atoms with E-state index in [4.69, 9.17) is 9.72 Å². The number of fused-ring (bicyclic) bond motifs is 1. The summed E-state index contributed by atoms with van der Waals surface area (Å²) in [5.74, 6) is 1.48. The van der Waals surface area contributed by atoms with Crippen LogP contribution in [0.5, 0.6) is 5.75 Å². The van der Waals surface area contributed by atoms with Gasteiger partial charge < -0.3 is 20.1 Å². The molecule has 27 heavy (non-hydrogen) atoms. The molecule has 1 aliphatic heterocycles. The van der Waals surface area contributed by atoms with Crippen LogP contribution in [0.1, 0.15) is 44.9 Å². The van der Waals surface area contributed by atoms with Crippen LogP contribution >= 0.6 is 0 Å². The van der Waals surface area contributed by atoms with Gasteiger partial charge in [0.2, 0.25) is 5.95 Å². The Balaban J connectivity index is 1.47.